The van der Waals surface area contributed by atoms with E-state index in [1.807, 2.05) is 24.3 Å². The standard InChI is InChI=1S/C24H17ClI2N2O3/c1-14-5-7-15(8-6-14)13-32-22-19(26)9-16(10-20(22)27)11-21-23(30)29(24(31)28-21)18-4-2-3-17(25)12-18/h2-12H,13H2,1H3,(H,28,31)/b21-11+. The van der Waals surface area contributed by atoms with Crippen LogP contribution in [0.3, 0.4) is 0 Å². The zero-order valence-electron chi connectivity index (χ0n) is 16.9. The Morgan fingerprint density at radius 2 is 1.72 bits per heavy atom. The second-order valence-electron chi connectivity index (χ2n) is 7.20. The summed E-state index contributed by atoms with van der Waals surface area (Å²) >= 11 is 10.4. The van der Waals surface area contributed by atoms with Crippen LogP contribution in [0.2, 0.25) is 5.02 Å². The van der Waals surface area contributed by atoms with Gasteiger partial charge in [0.1, 0.15) is 18.1 Å². The largest absolute Gasteiger partial charge is 0.487 e. The Kier molecular flexibility index (Phi) is 7.06. The first kappa shape index (κ1) is 23.1. The zero-order valence-corrected chi connectivity index (χ0v) is 21.9. The lowest BCUT2D eigenvalue weighted by molar-refractivity contribution is -0.113. The Balaban J connectivity index is 1.54. The van der Waals surface area contributed by atoms with Crippen LogP contribution in [0.15, 0.2) is 66.4 Å². The number of anilines is 1. The SMILES string of the molecule is Cc1ccc(COc2c(I)cc(/C=C3/NC(=O)N(c4cccc(Cl)c4)C3=O)cc2I)cc1. The number of nitrogens with one attached hydrogen (secondary N) is 1. The highest BCUT2D eigenvalue weighted by atomic mass is 127. The van der Waals surface area contributed by atoms with Gasteiger partial charge in [-0.2, -0.15) is 0 Å². The van der Waals surface area contributed by atoms with E-state index in [0.717, 1.165) is 28.9 Å². The van der Waals surface area contributed by atoms with Crippen molar-refractivity contribution in [2.45, 2.75) is 13.5 Å². The Morgan fingerprint density at radius 1 is 1.03 bits per heavy atom. The zero-order chi connectivity index (χ0) is 22.8. The molecule has 32 heavy (non-hydrogen) atoms. The van der Waals surface area contributed by atoms with E-state index in [1.165, 1.54) is 5.56 Å². The van der Waals surface area contributed by atoms with Gasteiger partial charge < -0.3 is 10.1 Å². The van der Waals surface area contributed by atoms with Gasteiger partial charge in [0.15, 0.2) is 0 Å². The Labute approximate surface area is 218 Å². The quantitative estimate of drug-likeness (QED) is 0.191. The van der Waals surface area contributed by atoms with Gasteiger partial charge in [0.25, 0.3) is 5.91 Å². The van der Waals surface area contributed by atoms with Crippen molar-refractivity contribution >= 4 is 80.5 Å². The van der Waals surface area contributed by atoms with Crippen molar-refractivity contribution in [3.63, 3.8) is 0 Å². The number of hydrogen-bond donors (Lipinski definition) is 1. The Hall–Kier alpha value is -2.11. The molecular weight excluding hydrogens is 654 g/mol. The summed E-state index contributed by atoms with van der Waals surface area (Å²) < 4.78 is 7.88. The number of ether oxygens (including phenoxy) is 1. The van der Waals surface area contributed by atoms with E-state index in [9.17, 15) is 9.59 Å². The van der Waals surface area contributed by atoms with Crippen molar-refractivity contribution in [1.82, 2.24) is 5.32 Å². The molecule has 162 valence electrons. The molecule has 0 atom stereocenters. The first-order valence-electron chi connectivity index (χ1n) is 9.62. The number of imide groups is 1. The number of amides is 3. The van der Waals surface area contributed by atoms with Crippen LogP contribution in [0.1, 0.15) is 16.7 Å². The smallest absolute Gasteiger partial charge is 0.333 e. The molecule has 1 fully saturated rings. The number of nitrogens with zero attached hydrogens (tertiary/aromatic N) is 1. The summed E-state index contributed by atoms with van der Waals surface area (Å²) in [4.78, 5) is 26.3. The monoisotopic (exact) mass is 670 g/mol. The van der Waals surface area contributed by atoms with Gasteiger partial charge in [-0.05, 0) is 99.6 Å². The number of urea groups is 1. The summed E-state index contributed by atoms with van der Waals surface area (Å²) in [6, 6.07) is 18.2. The number of benzene rings is 3. The molecule has 3 amide bonds. The second-order valence-corrected chi connectivity index (χ2v) is 9.96. The molecule has 0 aliphatic carbocycles. The Bertz CT molecular complexity index is 1220. The molecular formula is C24H17ClI2N2O3. The third-order valence-electron chi connectivity index (χ3n) is 4.78. The van der Waals surface area contributed by atoms with E-state index in [2.05, 4.69) is 69.6 Å². The van der Waals surface area contributed by atoms with E-state index in [-0.39, 0.29) is 5.70 Å². The fourth-order valence-corrected chi connectivity index (χ4v) is 5.50. The van der Waals surface area contributed by atoms with Crippen LogP contribution in [-0.4, -0.2) is 11.9 Å². The molecule has 1 aliphatic heterocycles. The van der Waals surface area contributed by atoms with Gasteiger partial charge in [0, 0.05) is 5.02 Å². The molecule has 1 N–H and O–H groups in total. The van der Waals surface area contributed by atoms with E-state index in [4.69, 9.17) is 16.3 Å². The minimum absolute atomic E-state index is 0.204. The first-order chi connectivity index (χ1) is 15.3. The topological polar surface area (TPSA) is 58.6 Å². The highest BCUT2D eigenvalue weighted by Gasteiger charge is 2.35. The summed E-state index contributed by atoms with van der Waals surface area (Å²) in [5.41, 5.74) is 3.71. The van der Waals surface area contributed by atoms with Gasteiger partial charge in [0.2, 0.25) is 0 Å². The van der Waals surface area contributed by atoms with Crippen LogP contribution in [-0.2, 0) is 11.4 Å². The second kappa shape index (κ2) is 9.80. The molecule has 0 spiro atoms. The van der Waals surface area contributed by atoms with Gasteiger partial charge in [-0.15, -0.1) is 0 Å². The summed E-state index contributed by atoms with van der Waals surface area (Å²) in [5, 5.41) is 3.09. The lowest BCUT2D eigenvalue weighted by Crippen LogP contribution is -2.30. The molecule has 0 bridgehead atoms. The minimum Gasteiger partial charge on any atom is -0.487 e. The number of hydrogen-bond acceptors (Lipinski definition) is 3. The molecule has 0 radical (unpaired) electrons. The van der Waals surface area contributed by atoms with Crippen molar-refractivity contribution in [3.05, 3.63) is 95.2 Å². The van der Waals surface area contributed by atoms with Crippen LogP contribution in [0, 0.1) is 14.1 Å². The van der Waals surface area contributed by atoms with Crippen molar-refractivity contribution in [2.75, 3.05) is 4.90 Å². The molecule has 0 saturated carbocycles. The lowest BCUT2D eigenvalue weighted by atomic mass is 10.1. The van der Waals surface area contributed by atoms with Crippen molar-refractivity contribution in [1.29, 1.82) is 0 Å². The van der Waals surface area contributed by atoms with E-state index in [0.29, 0.717) is 17.3 Å². The van der Waals surface area contributed by atoms with E-state index in [1.54, 1.807) is 30.3 Å². The minimum atomic E-state index is -0.508. The van der Waals surface area contributed by atoms with Crippen LogP contribution >= 0.6 is 56.8 Å². The molecule has 3 aromatic carbocycles. The number of carbonyl (C=O) groups excluding carboxylic acids is 2. The molecule has 8 heteroatoms. The molecule has 5 nitrogen and oxygen atoms in total. The highest BCUT2D eigenvalue weighted by molar-refractivity contribution is 14.1. The highest BCUT2D eigenvalue weighted by Crippen LogP contribution is 2.31. The molecule has 0 aromatic heterocycles. The molecule has 1 aliphatic rings. The van der Waals surface area contributed by atoms with Gasteiger partial charge >= 0.3 is 6.03 Å². The van der Waals surface area contributed by atoms with E-state index >= 15 is 0 Å². The first-order valence-corrected chi connectivity index (χ1v) is 12.2. The summed E-state index contributed by atoms with van der Waals surface area (Å²) in [5.74, 6) is 0.359. The van der Waals surface area contributed by atoms with Gasteiger partial charge in [0.05, 0.1) is 12.8 Å². The third-order valence-corrected chi connectivity index (χ3v) is 6.62. The predicted molar refractivity (Wildman–Crippen MR) is 143 cm³/mol. The third kappa shape index (κ3) is 5.10. The van der Waals surface area contributed by atoms with Crippen molar-refractivity contribution < 1.29 is 14.3 Å². The van der Waals surface area contributed by atoms with Crippen LogP contribution in [0.4, 0.5) is 10.5 Å². The molecule has 4 rings (SSSR count). The molecule has 0 unspecified atom stereocenters. The van der Waals surface area contributed by atoms with Crippen molar-refractivity contribution in [2.24, 2.45) is 0 Å². The average molecular weight is 671 g/mol. The maximum absolute atomic E-state index is 12.9. The fourth-order valence-electron chi connectivity index (χ4n) is 3.19. The lowest BCUT2D eigenvalue weighted by Gasteiger charge is -2.12. The predicted octanol–water partition coefficient (Wildman–Crippen LogP) is 6.53. The summed E-state index contributed by atoms with van der Waals surface area (Å²) in [6.07, 6.45) is 1.67. The average Bonchev–Trinajstić information content (AvgIpc) is 3.01. The Morgan fingerprint density at radius 3 is 2.38 bits per heavy atom. The normalized spacial score (nSPS) is 14.8. The number of carbonyl (C=O) groups is 2. The van der Waals surface area contributed by atoms with Crippen LogP contribution < -0.4 is 15.0 Å². The molecule has 3 aromatic rings. The fraction of sp³-hybridized carbons (Fsp3) is 0.0833. The van der Waals surface area contributed by atoms with E-state index < -0.39 is 11.9 Å². The maximum atomic E-state index is 12.9. The number of rotatable bonds is 5. The summed E-state index contributed by atoms with van der Waals surface area (Å²) in [6.45, 7) is 2.52. The molecule has 1 heterocycles. The van der Waals surface area contributed by atoms with Crippen LogP contribution in [0.25, 0.3) is 6.08 Å². The van der Waals surface area contributed by atoms with Gasteiger partial charge in [-0.1, -0.05) is 47.5 Å². The van der Waals surface area contributed by atoms with Gasteiger partial charge in [-0.25, -0.2) is 9.69 Å². The number of halogens is 3. The van der Waals surface area contributed by atoms with Crippen LogP contribution in [0.5, 0.6) is 5.75 Å². The summed E-state index contributed by atoms with van der Waals surface area (Å²) in [7, 11) is 0. The van der Waals surface area contributed by atoms with Crippen molar-refractivity contribution in [3.8, 4) is 5.75 Å². The van der Waals surface area contributed by atoms with Gasteiger partial charge in [-0.3, -0.25) is 4.79 Å². The number of aryl methyl sites for hydroxylation is 1. The maximum Gasteiger partial charge on any atom is 0.333 e. The molecule has 1 saturated heterocycles.